The summed E-state index contributed by atoms with van der Waals surface area (Å²) in [6, 6.07) is 7.12. The van der Waals surface area contributed by atoms with E-state index in [1.54, 1.807) is 24.5 Å². The molecule has 4 rings (SSSR count). The van der Waals surface area contributed by atoms with E-state index in [4.69, 9.17) is 4.42 Å². The molecule has 0 atom stereocenters. The molecule has 9 heteroatoms. The molecule has 0 saturated carbocycles. The van der Waals surface area contributed by atoms with E-state index in [1.807, 2.05) is 21.7 Å². The number of nitrogens with one attached hydrogen (secondary N) is 2. The molecule has 0 unspecified atom stereocenters. The summed E-state index contributed by atoms with van der Waals surface area (Å²) >= 11 is 1.53. The van der Waals surface area contributed by atoms with Crippen LogP contribution in [0.15, 0.2) is 45.7 Å². The minimum absolute atomic E-state index is 0.0973. The van der Waals surface area contributed by atoms with Crippen LogP contribution in [0.25, 0.3) is 11.5 Å². The van der Waals surface area contributed by atoms with Gasteiger partial charge >= 0.3 is 0 Å². The first-order valence-electron chi connectivity index (χ1n) is 9.12. The van der Waals surface area contributed by atoms with Gasteiger partial charge in [0.05, 0.1) is 11.8 Å². The lowest BCUT2D eigenvalue weighted by Gasteiger charge is -2.34. The molecule has 4 heterocycles. The molecule has 1 aliphatic rings. The maximum atomic E-state index is 12.4. The summed E-state index contributed by atoms with van der Waals surface area (Å²) in [5.74, 6) is 0.516. The third-order valence-electron chi connectivity index (χ3n) is 4.74. The molecular formula is C19H21N5O3S. The second kappa shape index (κ2) is 8.41. The Morgan fingerprint density at radius 3 is 2.82 bits per heavy atom. The van der Waals surface area contributed by atoms with Gasteiger partial charge in [-0.3, -0.25) is 19.6 Å². The molecule has 3 aromatic rings. The monoisotopic (exact) mass is 399 g/mol. The second-order valence-electron chi connectivity index (χ2n) is 6.55. The molecule has 1 aliphatic heterocycles. The Hall–Kier alpha value is -2.91. The highest BCUT2D eigenvalue weighted by Crippen LogP contribution is 2.17. The van der Waals surface area contributed by atoms with E-state index in [1.165, 1.54) is 11.3 Å². The Labute approximate surface area is 166 Å². The zero-order valence-corrected chi connectivity index (χ0v) is 16.1. The molecule has 0 aliphatic carbocycles. The van der Waals surface area contributed by atoms with Crippen LogP contribution in [-0.4, -0.2) is 71.1 Å². The fourth-order valence-corrected chi connectivity index (χ4v) is 3.79. The van der Waals surface area contributed by atoms with E-state index in [-0.39, 0.29) is 11.8 Å². The topological polar surface area (TPSA) is 94.5 Å². The lowest BCUT2D eigenvalue weighted by Crippen LogP contribution is -2.50. The standard InChI is InChI=1S/C19H21N5O3S/c25-18(16-12-15(21-22-16)17-2-1-10-27-17)20-4-5-23-6-8-24(9-7-23)19(26)14-3-11-28-13-14/h1-3,10-13H,4-9H2,(H,20,25)(H,21,22). The van der Waals surface area contributed by atoms with Crippen LogP contribution < -0.4 is 5.32 Å². The van der Waals surface area contributed by atoms with Gasteiger partial charge in [-0.15, -0.1) is 0 Å². The van der Waals surface area contributed by atoms with Gasteiger partial charge in [-0.05, 0) is 23.6 Å². The van der Waals surface area contributed by atoms with Gasteiger partial charge in [0.1, 0.15) is 5.69 Å². The van der Waals surface area contributed by atoms with Crippen LogP contribution in [0, 0.1) is 0 Å². The van der Waals surface area contributed by atoms with Gasteiger partial charge in [0.2, 0.25) is 0 Å². The lowest BCUT2D eigenvalue weighted by atomic mass is 10.2. The van der Waals surface area contributed by atoms with Crippen molar-refractivity contribution in [1.29, 1.82) is 0 Å². The predicted molar refractivity (Wildman–Crippen MR) is 105 cm³/mol. The van der Waals surface area contributed by atoms with Gasteiger partial charge in [0.15, 0.2) is 11.5 Å². The first-order valence-corrected chi connectivity index (χ1v) is 10.1. The van der Waals surface area contributed by atoms with Crippen LogP contribution in [-0.2, 0) is 0 Å². The van der Waals surface area contributed by atoms with Crippen molar-refractivity contribution in [3.05, 3.63) is 52.5 Å². The van der Waals surface area contributed by atoms with Crippen molar-refractivity contribution in [2.45, 2.75) is 0 Å². The number of aromatic nitrogens is 2. The van der Waals surface area contributed by atoms with Crippen molar-refractivity contribution in [1.82, 2.24) is 25.3 Å². The molecule has 1 saturated heterocycles. The van der Waals surface area contributed by atoms with Gasteiger partial charge in [0, 0.05) is 50.7 Å². The normalized spacial score (nSPS) is 14.9. The SMILES string of the molecule is O=C(NCCN1CCN(C(=O)c2ccsc2)CC1)c1cc(-c2ccco2)[nH]n1. The minimum atomic E-state index is -0.222. The Balaban J connectivity index is 1.20. The number of furan rings is 1. The zero-order chi connectivity index (χ0) is 19.3. The Morgan fingerprint density at radius 2 is 2.11 bits per heavy atom. The third-order valence-corrected chi connectivity index (χ3v) is 5.42. The fraction of sp³-hybridized carbons (Fsp3) is 0.316. The number of nitrogens with zero attached hydrogens (tertiary/aromatic N) is 3. The third kappa shape index (κ3) is 4.15. The molecule has 28 heavy (non-hydrogen) atoms. The van der Waals surface area contributed by atoms with Gasteiger partial charge in [-0.1, -0.05) is 0 Å². The molecule has 2 amide bonds. The summed E-state index contributed by atoms with van der Waals surface area (Å²) in [6.45, 7) is 4.28. The predicted octanol–water partition coefficient (Wildman–Crippen LogP) is 1.92. The zero-order valence-electron chi connectivity index (χ0n) is 15.3. The van der Waals surface area contributed by atoms with Crippen molar-refractivity contribution in [3.63, 3.8) is 0 Å². The van der Waals surface area contributed by atoms with Crippen molar-refractivity contribution >= 4 is 23.2 Å². The molecule has 0 radical (unpaired) electrons. The van der Waals surface area contributed by atoms with Crippen LogP contribution in [0.4, 0.5) is 0 Å². The van der Waals surface area contributed by atoms with E-state index >= 15 is 0 Å². The highest BCUT2D eigenvalue weighted by Gasteiger charge is 2.22. The summed E-state index contributed by atoms with van der Waals surface area (Å²) in [5.41, 5.74) is 1.76. The average molecular weight is 399 g/mol. The number of carbonyl (C=O) groups excluding carboxylic acids is 2. The molecule has 2 N–H and O–H groups in total. The minimum Gasteiger partial charge on any atom is -0.463 e. The second-order valence-corrected chi connectivity index (χ2v) is 7.33. The number of carbonyl (C=O) groups is 2. The van der Waals surface area contributed by atoms with E-state index in [0.717, 1.165) is 25.2 Å². The van der Waals surface area contributed by atoms with Crippen LogP contribution in [0.2, 0.25) is 0 Å². The number of amides is 2. The Morgan fingerprint density at radius 1 is 1.25 bits per heavy atom. The van der Waals surface area contributed by atoms with E-state index in [0.29, 0.717) is 36.8 Å². The number of hydrogen-bond acceptors (Lipinski definition) is 6. The van der Waals surface area contributed by atoms with Crippen molar-refractivity contribution < 1.29 is 14.0 Å². The van der Waals surface area contributed by atoms with Gasteiger partial charge in [-0.25, -0.2) is 0 Å². The van der Waals surface area contributed by atoms with E-state index in [2.05, 4.69) is 20.4 Å². The van der Waals surface area contributed by atoms with Gasteiger partial charge in [0.25, 0.3) is 11.8 Å². The van der Waals surface area contributed by atoms with Crippen LogP contribution in [0.5, 0.6) is 0 Å². The molecule has 3 aromatic heterocycles. The highest BCUT2D eigenvalue weighted by molar-refractivity contribution is 7.08. The number of piperazine rings is 1. The van der Waals surface area contributed by atoms with Crippen LogP contribution >= 0.6 is 11.3 Å². The average Bonchev–Trinajstić information content (AvgIpc) is 3.50. The molecule has 0 spiro atoms. The van der Waals surface area contributed by atoms with E-state index < -0.39 is 0 Å². The number of hydrogen-bond donors (Lipinski definition) is 2. The molecular weight excluding hydrogens is 378 g/mol. The largest absolute Gasteiger partial charge is 0.463 e. The molecule has 1 fully saturated rings. The molecule has 0 bridgehead atoms. The maximum Gasteiger partial charge on any atom is 0.271 e. The molecule has 0 aromatic carbocycles. The lowest BCUT2D eigenvalue weighted by molar-refractivity contribution is 0.0638. The maximum absolute atomic E-state index is 12.4. The number of rotatable bonds is 6. The van der Waals surface area contributed by atoms with Crippen molar-refractivity contribution in [3.8, 4) is 11.5 Å². The van der Waals surface area contributed by atoms with Crippen LogP contribution in [0.1, 0.15) is 20.8 Å². The summed E-state index contributed by atoms with van der Waals surface area (Å²) in [5, 5.41) is 13.5. The van der Waals surface area contributed by atoms with Gasteiger partial charge < -0.3 is 14.6 Å². The summed E-state index contributed by atoms with van der Waals surface area (Å²) < 4.78 is 5.29. The molecule has 146 valence electrons. The Kier molecular flexibility index (Phi) is 5.54. The number of thiophene rings is 1. The van der Waals surface area contributed by atoms with Crippen molar-refractivity contribution in [2.24, 2.45) is 0 Å². The summed E-state index contributed by atoms with van der Waals surface area (Å²) in [4.78, 5) is 28.7. The molecule has 8 nitrogen and oxygen atoms in total. The summed E-state index contributed by atoms with van der Waals surface area (Å²) in [7, 11) is 0. The first-order chi connectivity index (χ1) is 13.7. The van der Waals surface area contributed by atoms with Crippen molar-refractivity contribution in [2.75, 3.05) is 39.3 Å². The first kappa shape index (κ1) is 18.5. The quantitative estimate of drug-likeness (QED) is 0.660. The van der Waals surface area contributed by atoms with Crippen LogP contribution in [0.3, 0.4) is 0 Å². The van der Waals surface area contributed by atoms with Gasteiger partial charge in [-0.2, -0.15) is 16.4 Å². The fourth-order valence-electron chi connectivity index (χ4n) is 3.16. The van der Waals surface area contributed by atoms with E-state index in [9.17, 15) is 9.59 Å². The highest BCUT2D eigenvalue weighted by atomic mass is 32.1. The number of H-pyrrole nitrogens is 1. The smallest absolute Gasteiger partial charge is 0.271 e. The Bertz CT molecular complexity index is 911. The number of aromatic amines is 1. The summed E-state index contributed by atoms with van der Waals surface area (Å²) in [6.07, 6.45) is 1.57.